The van der Waals surface area contributed by atoms with Crippen LogP contribution in [0, 0.1) is 0 Å². The zero-order valence-electron chi connectivity index (χ0n) is 11.0. The van der Waals surface area contributed by atoms with Crippen LogP contribution in [0.4, 0.5) is 0 Å². The summed E-state index contributed by atoms with van der Waals surface area (Å²) in [5, 5.41) is 0.741. The van der Waals surface area contributed by atoms with Gasteiger partial charge in [-0.15, -0.1) is 0 Å². The lowest BCUT2D eigenvalue weighted by Crippen LogP contribution is -2.53. The highest BCUT2D eigenvalue weighted by Crippen LogP contribution is 2.22. The summed E-state index contributed by atoms with van der Waals surface area (Å²) in [7, 11) is 0. The maximum absolute atomic E-state index is 12.4. The molecule has 0 saturated carbocycles. The van der Waals surface area contributed by atoms with Crippen LogP contribution in [0.25, 0.3) is 0 Å². The van der Waals surface area contributed by atoms with Gasteiger partial charge in [-0.05, 0) is 18.2 Å². The normalized spacial score (nSPS) is 15.0. The monoisotopic (exact) mass is 329 g/mol. The number of primary amides is 1. The molecule has 1 fully saturated rings. The van der Waals surface area contributed by atoms with Gasteiger partial charge in [0.15, 0.2) is 0 Å². The minimum atomic E-state index is -0.993. The minimum absolute atomic E-state index is 0.256. The van der Waals surface area contributed by atoms with Crippen LogP contribution in [0.5, 0.6) is 0 Å². The average molecular weight is 330 g/mol. The van der Waals surface area contributed by atoms with Crippen LogP contribution in [0.3, 0.4) is 0 Å². The average Bonchev–Trinajstić information content (AvgIpc) is 2.48. The predicted octanol–water partition coefficient (Wildman–Crippen LogP) is 0.763. The van der Waals surface area contributed by atoms with E-state index >= 15 is 0 Å². The predicted molar refractivity (Wildman–Crippen MR) is 78.1 cm³/mol. The van der Waals surface area contributed by atoms with Crippen molar-refractivity contribution < 1.29 is 14.4 Å². The van der Waals surface area contributed by atoms with E-state index in [2.05, 4.69) is 0 Å². The van der Waals surface area contributed by atoms with Crippen LogP contribution in [-0.2, 0) is 9.59 Å². The van der Waals surface area contributed by atoms with Crippen molar-refractivity contribution >= 4 is 40.9 Å². The van der Waals surface area contributed by atoms with Crippen LogP contribution in [0.15, 0.2) is 18.2 Å². The number of piperazine rings is 1. The van der Waals surface area contributed by atoms with E-state index in [9.17, 15) is 14.4 Å². The van der Waals surface area contributed by atoms with Crippen LogP contribution in [0.1, 0.15) is 10.4 Å². The largest absolute Gasteiger partial charge is 0.361 e. The second-order valence-electron chi connectivity index (χ2n) is 4.57. The second kappa shape index (κ2) is 6.32. The van der Waals surface area contributed by atoms with E-state index in [4.69, 9.17) is 28.9 Å². The second-order valence-corrected chi connectivity index (χ2v) is 5.42. The molecule has 1 aliphatic rings. The van der Waals surface area contributed by atoms with Gasteiger partial charge in [-0.3, -0.25) is 14.4 Å². The molecule has 0 aromatic heterocycles. The lowest BCUT2D eigenvalue weighted by atomic mass is 10.1. The van der Waals surface area contributed by atoms with E-state index in [1.807, 2.05) is 0 Å². The van der Waals surface area contributed by atoms with Crippen molar-refractivity contribution in [2.75, 3.05) is 26.2 Å². The van der Waals surface area contributed by atoms with Crippen molar-refractivity contribution in [3.8, 4) is 0 Å². The first kappa shape index (κ1) is 15.6. The summed E-state index contributed by atoms with van der Waals surface area (Å²) >= 11 is 11.9. The lowest BCUT2D eigenvalue weighted by molar-refractivity contribution is -0.145. The zero-order chi connectivity index (χ0) is 15.6. The highest BCUT2D eigenvalue weighted by Gasteiger charge is 2.27. The van der Waals surface area contributed by atoms with Crippen molar-refractivity contribution in [2.24, 2.45) is 5.73 Å². The fourth-order valence-electron chi connectivity index (χ4n) is 2.10. The van der Waals surface area contributed by atoms with Gasteiger partial charge in [-0.1, -0.05) is 23.2 Å². The number of benzene rings is 1. The summed E-state index contributed by atoms with van der Waals surface area (Å²) in [6.45, 7) is 1.12. The fraction of sp³-hybridized carbons (Fsp3) is 0.308. The van der Waals surface area contributed by atoms with Gasteiger partial charge in [0.2, 0.25) is 0 Å². The highest BCUT2D eigenvalue weighted by molar-refractivity contribution is 6.36. The molecule has 0 spiro atoms. The summed E-state index contributed by atoms with van der Waals surface area (Å²) in [5.74, 6) is -1.98. The first-order valence-electron chi connectivity index (χ1n) is 6.23. The van der Waals surface area contributed by atoms with Crippen LogP contribution >= 0.6 is 23.2 Å². The van der Waals surface area contributed by atoms with E-state index in [1.54, 1.807) is 17.0 Å². The Morgan fingerprint density at radius 1 is 1.00 bits per heavy atom. The highest BCUT2D eigenvalue weighted by atomic mass is 35.5. The van der Waals surface area contributed by atoms with Gasteiger partial charge in [0, 0.05) is 31.2 Å². The molecule has 6 nitrogen and oxygen atoms in total. The van der Waals surface area contributed by atoms with Crippen LogP contribution in [0.2, 0.25) is 10.0 Å². The number of amides is 3. The number of nitrogens with two attached hydrogens (primary N) is 1. The summed E-state index contributed by atoms with van der Waals surface area (Å²) in [4.78, 5) is 37.5. The molecule has 0 unspecified atom stereocenters. The molecule has 1 aromatic carbocycles. The Kier molecular flexibility index (Phi) is 4.69. The number of nitrogens with zero attached hydrogens (tertiary/aromatic N) is 2. The topological polar surface area (TPSA) is 83.7 Å². The third kappa shape index (κ3) is 3.46. The Bertz CT molecular complexity index is 598. The number of rotatable bonds is 1. The molecule has 2 N–H and O–H groups in total. The molecule has 0 aliphatic carbocycles. The molecule has 8 heteroatoms. The Hall–Kier alpha value is -1.79. The molecule has 0 atom stereocenters. The van der Waals surface area contributed by atoms with E-state index < -0.39 is 11.8 Å². The first-order valence-corrected chi connectivity index (χ1v) is 6.99. The number of hydrogen-bond donors (Lipinski definition) is 1. The molecular weight excluding hydrogens is 317 g/mol. The number of carbonyl (C=O) groups is 3. The quantitative estimate of drug-likeness (QED) is 0.772. The molecular formula is C13H13Cl2N3O3. The molecule has 3 amide bonds. The standard InChI is InChI=1S/C13H13Cl2N3O3/c14-8-1-2-10(15)9(7-8)12(20)17-3-5-18(6-4-17)13(21)11(16)19/h1-2,7H,3-6H2,(H2,16,19). The van der Waals surface area contributed by atoms with E-state index in [0.717, 1.165) is 0 Å². The lowest BCUT2D eigenvalue weighted by Gasteiger charge is -2.34. The summed E-state index contributed by atoms with van der Waals surface area (Å²) in [5.41, 5.74) is 5.26. The maximum Gasteiger partial charge on any atom is 0.311 e. The SMILES string of the molecule is NC(=O)C(=O)N1CCN(C(=O)c2cc(Cl)ccc2Cl)CC1. The van der Waals surface area contributed by atoms with Crippen LogP contribution < -0.4 is 5.73 Å². The summed E-state index contributed by atoms with van der Waals surface area (Å²) in [6, 6.07) is 4.67. The molecule has 1 aromatic rings. The molecule has 0 radical (unpaired) electrons. The van der Waals surface area contributed by atoms with Crippen molar-refractivity contribution in [1.29, 1.82) is 0 Å². The minimum Gasteiger partial charge on any atom is -0.361 e. The molecule has 1 aliphatic heterocycles. The molecule has 1 saturated heterocycles. The Morgan fingerprint density at radius 2 is 1.57 bits per heavy atom. The van der Waals surface area contributed by atoms with E-state index in [1.165, 1.54) is 11.0 Å². The third-order valence-corrected chi connectivity index (χ3v) is 3.79. The van der Waals surface area contributed by atoms with Crippen molar-refractivity contribution in [1.82, 2.24) is 9.80 Å². The molecule has 1 heterocycles. The van der Waals surface area contributed by atoms with Crippen molar-refractivity contribution in [3.63, 3.8) is 0 Å². The van der Waals surface area contributed by atoms with Gasteiger partial charge in [-0.2, -0.15) is 0 Å². The first-order chi connectivity index (χ1) is 9.90. The van der Waals surface area contributed by atoms with E-state index in [-0.39, 0.29) is 19.0 Å². The Labute approximate surface area is 131 Å². The Morgan fingerprint density at radius 3 is 2.14 bits per heavy atom. The van der Waals surface area contributed by atoms with Gasteiger partial charge >= 0.3 is 11.8 Å². The molecule has 112 valence electrons. The summed E-state index contributed by atoms with van der Waals surface area (Å²) in [6.07, 6.45) is 0. The molecule has 2 rings (SSSR count). The fourth-order valence-corrected chi connectivity index (χ4v) is 2.47. The van der Waals surface area contributed by atoms with Gasteiger partial charge in [-0.25, -0.2) is 0 Å². The zero-order valence-corrected chi connectivity index (χ0v) is 12.5. The molecule has 21 heavy (non-hydrogen) atoms. The van der Waals surface area contributed by atoms with Crippen molar-refractivity contribution in [3.05, 3.63) is 33.8 Å². The molecule has 0 bridgehead atoms. The maximum atomic E-state index is 12.4. The number of hydrogen-bond acceptors (Lipinski definition) is 3. The Balaban J connectivity index is 2.05. The van der Waals surface area contributed by atoms with E-state index in [0.29, 0.717) is 28.7 Å². The van der Waals surface area contributed by atoms with Crippen molar-refractivity contribution in [2.45, 2.75) is 0 Å². The summed E-state index contributed by atoms with van der Waals surface area (Å²) < 4.78 is 0. The number of carbonyl (C=O) groups excluding carboxylic acids is 3. The van der Waals surface area contributed by atoms with Crippen LogP contribution in [-0.4, -0.2) is 53.7 Å². The van der Waals surface area contributed by atoms with Gasteiger partial charge in [0.25, 0.3) is 5.91 Å². The van der Waals surface area contributed by atoms with Gasteiger partial charge in [0.05, 0.1) is 10.6 Å². The third-order valence-electron chi connectivity index (χ3n) is 3.22. The smallest absolute Gasteiger partial charge is 0.311 e. The van der Waals surface area contributed by atoms with Gasteiger partial charge in [0.1, 0.15) is 0 Å². The number of halogens is 2. The van der Waals surface area contributed by atoms with Gasteiger partial charge < -0.3 is 15.5 Å².